The molecule has 1 amide bonds. The molecule has 176 valence electrons. The minimum Gasteiger partial charge on any atom is -0.451 e. The van der Waals surface area contributed by atoms with Gasteiger partial charge in [-0.2, -0.15) is 5.26 Å². The van der Waals surface area contributed by atoms with Gasteiger partial charge in [0.1, 0.15) is 11.6 Å². The molecule has 0 atom stereocenters. The van der Waals surface area contributed by atoms with Crippen molar-refractivity contribution in [3.63, 3.8) is 0 Å². The van der Waals surface area contributed by atoms with Crippen LogP contribution in [-0.4, -0.2) is 41.8 Å². The van der Waals surface area contributed by atoms with E-state index in [0.717, 1.165) is 33.8 Å². The van der Waals surface area contributed by atoms with Crippen LogP contribution in [0, 0.1) is 32.1 Å². The van der Waals surface area contributed by atoms with E-state index in [2.05, 4.69) is 10.3 Å². The van der Waals surface area contributed by atoms with Crippen molar-refractivity contribution in [2.75, 3.05) is 25.6 Å². The van der Waals surface area contributed by atoms with E-state index < -0.39 is 18.5 Å². The van der Waals surface area contributed by atoms with Gasteiger partial charge in [-0.15, -0.1) is 11.3 Å². The van der Waals surface area contributed by atoms with Crippen molar-refractivity contribution in [2.45, 2.75) is 27.3 Å². The fraction of sp³-hybridized carbons (Fsp3) is 0.280. The number of ether oxygens (including phenoxy) is 2. The Morgan fingerprint density at radius 2 is 1.97 bits per heavy atom. The molecular formula is C25H26N4O4S. The lowest BCUT2D eigenvalue weighted by Gasteiger charge is -2.08. The van der Waals surface area contributed by atoms with E-state index in [9.17, 15) is 14.9 Å². The van der Waals surface area contributed by atoms with E-state index in [0.29, 0.717) is 18.3 Å². The number of methoxy groups -OCH3 is 1. The number of thiazole rings is 1. The van der Waals surface area contributed by atoms with Crippen LogP contribution in [0.4, 0.5) is 5.13 Å². The number of anilines is 1. The van der Waals surface area contributed by atoms with Gasteiger partial charge in [-0.25, -0.2) is 9.78 Å². The summed E-state index contributed by atoms with van der Waals surface area (Å²) in [6, 6.07) is 11.6. The summed E-state index contributed by atoms with van der Waals surface area (Å²) in [5, 5.41) is 14.3. The maximum absolute atomic E-state index is 12.4. The Morgan fingerprint density at radius 1 is 1.24 bits per heavy atom. The van der Waals surface area contributed by atoms with Gasteiger partial charge in [0.05, 0.1) is 12.3 Å². The summed E-state index contributed by atoms with van der Waals surface area (Å²) in [6.45, 7) is 6.54. The molecule has 0 saturated carbocycles. The lowest BCUT2D eigenvalue weighted by Crippen LogP contribution is -2.21. The van der Waals surface area contributed by atoms with Gasteiger partial charge in [0.25, 0.3) is 5.91 Å². The summed E-state index contributed by atoms with van der Waals surface area (Å²) in [5.41, 5.74) is 5.28. The number of benzene rings is 1. The molecule has 0 bridgehead atoms. The highest BCUT2D eigenvalue weighted by Gasteiger charge is 2.16. The molecule has 0 aliphatic heterocycles. The minimum absolute atomic E-state index is 0.185. The molecule has 0 spiro atoms. The van der Waals surface area contributed by atoms with Crippen molar-refractivity contribution in [1.82, 2.24) is 9.55 Å². The van der Waals surface area contributed by atoms with Crippen LogP contribution in [0.25, 0.3) is 17.3 Å². The summed E-state index contributed by atoms with van der Waals surface area (Å²) in [4.78, 5) is 29.0. The van der Waals surface area contributed by atoms with Gasteiger partial charge in [-0.1, -0.05) is 29.8 Å². The number of amides is 1. The van der Waals surface area contributed by atoms with E-state index >= 15 is 0 Å². The molecule has 0 aliphatic rings. The molecule has 2 heterocycles. The van der Waals surface area contributed by atoms with Gasteiger partial charge in [0.2, 0.25) is 0 Å². The summed E-state index contributed by atoms with van der Waals surface area (Å²) in [6.07, 6.45) is 1.47. The number of hydrogen-bond donors (Lipinski definition) is 1. The van der Waals surface area contributed by atoms with Crippen molar-refractivity contribution < 1.29 is 19.1 Å². The second kappa shape index (κ2) is 11.4. The molecule has 3 aromatic rings. The average Bonchev–Trinajstić information content (AvgIpc) is 3.38. The molecule has 34 heavy (non-hydrogen) atoms. The number of aryl methyl sites for hydroxylation is 2. The Kier molecular flexibility index (Phi) is 8.35. The predicted octanol–water partition coefficient (Wildman–Crippen LogP) is 4.27. The van der Waals surface area contributed by atoms with Gasteiger partial charge < -0.3 is 14.0 Å². The fourth-order valence-corrected chi connectivity index (χ4v) is 4.08. The number of nitriles is 1. The molecule has 0 radical (unpaired) electrons. The monoisotopic (exact) mass is 478 g/mol. The zero-order chi connectivity index (χ0) is 24.7. The molecule has 2 aromatic heterocycles. The molecule has 0 saturated heterocycles. The maximum atomic E-state index is 12.4. The molecule has 0 aliphatic carbocycles. The standard InChI is InChI=1S/C25H26N4O4S/c1-16-5-7-19(8-6-16)22-15-34-25(27-22)28-23(30)14-33-24(31)21(13-26)12-20-11-17(2)29(18(20)3)9-10-32-4/h5-8,11-12,15H,9-10,14H2,1-4H3,(H,27,28,30)/b21-12+. The zero-order valence-electron chi connectivity index (χ0n) is 19.5. The normalized spacial score (nSPS) is 11.2. The molecule has 1 aromatic carbocycles. The van der Waals surface area contributed by atoms with Crippen LogP contribution in [0.1, 0.15) is 22.5 Å². The van der Waals surface area contributed by atoms with E-state index in [1.165, 1.54) is 17.4 Å². The quantitative estimate of drug-likeness (QED) is 0.280. The molecule has 0 fully saturated rings. The lowest BCUT2D eigenvalue weighted by molar-refractivity contribution is -0.142. The Bertz CT molecular complexity index is 1250. The molecule has 8 nitrogen and oxygen atoms in total. The highest BCUT2D eigenvalue weighted by atomic mass is 32.1. The second-order valence-electron chi connectivity index (χ2n) is 7.67. The van der Waals surface area contributed by atoms with Crippen LogP contribution in [0.5, 0.6) is 0 Å². The molecule has 3 rings (SSSR count). The van der Waals surface area contributed by atoms with Crippen molar-refractivity contribution in [3.05, 3.63) is 63.8 Å². The smallest absolute Gasteiger partial charge is 0.349 e. The van der Waals surface area contributed by atoms with Crippen molar-refractivity contribution in [3.8, 4) is 17.3 Å². The Balaban J connectivity index is 1.59. The molecule has 1 N–H and O–H groups in total. The third kappa shape index (κ3) is 6.19. The lowest BCUT2D eigenvalue weighted by atomic mass is 10.1. The third-order valence-corrected chi connectivity index (χ3v) is 5.96. The number of aromatic nitrogens is 2. The number of rotatable bonds is 9. The molecular weight excluding hydrogens is 452 g/mol. The Labute approximate surface area is 202 Å². The van der Waals surface area contributed by atoms with E-state index in [4.69, 9.17) is 9.47 Å². The van der Waals surface area contributed by atoms with Gasteiger partial charge >= 0.3 is 5.97 Å². The molecule has 0 unspecified atom stereocenters. The van der Waals surface area contributed by atoms with Gasteiger partial charge in [-0.3, -0.25) is 10.1 Å². The van der Waals surface area contributed by atoms with E-state index in [-0.39, 0.29) is 5.57 Å². The Morgan fingerprint density at radius 3 is 2.65 bits per heavy atom. The van der Waals surface area contributed by atoms with E-state index in [1.54, 1.807) is 7.11 Å². The van der Waals surface area contributed by atoms with Crippen LogP contribution in [0.2, 0.25) is 0 Å². The number of nitrogens with one attached hydrogen (secondary N) is 1. The predicted molar refractivity (Wildman–Crippen MR) is 131 cm³/mol. The number of esters is 1. The van der Waals surface area contributed by atoms with Crippen LogP contribution in [-0.2, 0) is 25.6 Å². The van der Waals surface area contributed by atoms with Crippen LogP contribution >= 0.6 is 11.3 Å². The fourth-order valence-electron chi connectivity index (χ4n) is 3.35. The summed E-state index contributed by atoms with van der Waals surface area (Å²) < 4.78 is 12.2. The third-order valence-electron chi connectivity index (χ3n) is 5.20. The highest BCUT2D eigenvalue weighted by Crippen LogP contribution is 2.25. The van der Waals surface area contributed by atoms with Crippen molar-refractivity contribution >= 4 is 34.4 Å². The topological polar surface area (TPSA) is 106 Å². The summed E-state index contributed by atoms with van der Waals surface area (Å²) >= 11 is 1.28. The van der Waals surface area contributed by atoms with Crippen LogP contribution in [0.15, 0.2) is 41.3 Å². The SMILES string of the molecule is COCCn1c(C)cc(/C=C(\C#N)C(=O)OCC(=O)Nc2nc(-c3ccc(C)cc3)cs2)c1C. The molecule has 9 heteroatoms. The first-order valence-electron chi connectivity index (χ1n) is 10.6. The number of hydrogen-bond acceptors (Lipinski definition) is 7. The number of nitrogens with zero attached hydrogens (tertiary/aromatic N) is 3. The second-order valence-corrected chi connectivity index (χ2v) is 8.53. The highest BCUT2D eigenvalue weighted by molar-refractivity contribution is 7.14. The minimum atomic E-state index is -0.862. The van der Waals surface area contributed by atoms with Crippen LogP contribution < -0.4 is 5.32 Å². The summed E-state index contributed by atoms with van der Waals surface area (Å²) in [7, 11) is 1.63. The largest absolute Gasteiger partial charge is 0.451 e. The maximum Gasteiger partial charge on any atom is 0.349 e. The number of carbonyl (C=O) groups excluding carboxylic acids is 2. The van der Waals surface area contributed by atoms with Crippen LogP contribution in [0.3, 0.4) is 0 Å². The van der Waals surface area contributed by atoms with Gasteiger partial charge in [0.15, 0.2) is 11.7 Å². The first kappa shape index (κ1) is 24.9. The average molecular weight is 479 g/mol. The first-order chi connectivity index (χ1) is 16.3. The Hall–Kier alpha value is -3.74. The van der Waals surface area contributed by atoms with E-state index in [1.807, 2.05) is 67.1 Å². The number of carbonyl (C=O) groups is 2. The van der Waals surface area contributed by atoms with Gasteiger partial charge in [0, 0.05) is 36.0 Å². The van der Waals surface area contributed by atoms with Crippen molar-refractivity contribution in [2.24, 2.45) is 0 Å². The van der Waals surface area contributed by atoms with Gasteiger partial charge in [-0.05, 0) is 38.5 Å². The first-order valence-corrected chi connectivity index (χ1v) is 11.5. The summed E-state index contributed by atoms with van der Waals surface area (Å²) in [5.74, 6) is -1.40. The zero-order valence-corrected chi connectivity index (χ0v) is 20.4. The van der Waals surface area contributed by atoms with Crippen molar-refractivity contribution in [1.29, 1.82) is 5.26 Å².